The van der Waals surface area contributed by atoms with Crippen LogP contribution >= 0.6 is 11.6 Å². The molecular formula is C16H20ClN3O3S. The molecule has 1 aromatic heterocycles. The maximum Gasteiger partial charge on any atom is 0.227 e. The molecule has 1 aromatic carbocycles. The van der Waals surface area contributed by atoms with Crippen LogP contribution in [-0.2, 0) is 21.7 Å². The zero-order valence-electron chi connectivity index (χ0n) is 13.5. The number of aryl methyl sites for hydroxylation is 1. The van der Waals surface area contributed by atoms with Crippen LogP contribution in [0.25, 0.3) is 11.0 Å². The molecule has 0 spiro atoms. The summed E-state index contributed by atoms with van der Waals surface area (Å²) >= 11 is 5.94. The van der Waals surface area contributed by atoms with Crippen molar-refractivity contribution < 1.29 is 13.2 Å². The molecule has 0 bridgehead atoms. The highest BCUT2D eigenvalue weighted by molar-refractivity contribution is 7.92. The van der Waals surface area contributed by atoms with Crippen LogP contribution in [0.5, 0.6) is 0 Å². The zero-order valence-corrected chi connectivity index (χ0v) is 15.0. The van der Waals surface area contributed by atoms with E-state index in [1.54, 1.807) is 23.7 Å². The summed E-state index contributed by atoms with van der Waals surface area (Å²) in [6, 6.07) is 5.30. The van der Waals surface area contributed by atoms with Gasteiger partial charge in [0.25, 0.3) is 0 Å². The van der Waals surface area contributed by atoms with E-state index in [0.29, 0.717) is 16.5 Å². The van der Waals surface area contributed by atoms with E-state index in [9.17, 15) is 13.2 Å². The summed E-state index contributed by atoms with van der Waals surface area (Å²) in [7, 11) is -1.41. The number of fused-ring (bicyclic) bond motifs is 1. The Hall–Kier alpha value is -1.60. The van der Waals surface area contributed by atoms with Gasteiger partial charge in [0.05, 0.1) is 22.0 Å². The Morgan fingerprint density at radius 1 is 1.38 bits per heavy atom. The number of nitrogens with one attached hydrogen (secondary N) is 1. The average Bonchev–Trinajstić information content (AvgIpc) is 3.15. The highest BCUT2D eigenvalue weighted by atomic mass is 35.5. The van der Waals surface area contributed by atoms with Crippen LogP contribution in [0.1, 0.15) is 32.1 Å². The van der Waals surface area contributed by atoms with Gasteiger partial charge < -0.3 is 4.57 Å². The number of rotatable bonds is 5. The van der Waals surface area contributed by atoms with Gasteiger partial charge in [0, 0.05) is 18.5 Å². The summed E-state index contributed by atoms with van der Waals surface area (Å²) in [5.74, 6) is -0.0733. The highest BCUT2D eigenvalue weighted by Crippen LogP contribution is 2.26. The van der Waals surface area contributed by atoms with Gasteiger partial charge >= 0.3 is 0 Å². The first-order chi connectivity index (χ1) is 11.4. The summed E-state index contributed by atoms with van der Waals surface area (Å²) in [6.45, 7) is 0. The van der Waals surface area contributed by atoms with Crippen molar-refractivity contribution in [3.8, 4) is 0 Å². The zero-order chi connectivity index (χ0) is 17.3. The van der Waals surface area contributed by atoms with E-state index in [-0.39, 0.29) is 23.3 Å². The average molecular weight is 370 g/mol. The number of sulfone groups is 1. The standard InChI is InChI=1S/C16H20ClN3O3S/c1-20-14-7-6-11(17)10-13(14)18-16(20)19-15(21)8-9-24(22,23)12-4-2-3-5-12/h6-7,10,12H,2-5,8-9H2,1H3,(H,18,19,21). The largest absolute Gasteiger partial charge is 0.313 e. The summed E-state index contributed by atoms with van der Waals surface area (Å²) in [5.41, 5.74) is 1.52. The van der Waals surface area contributed by atoms with Crippen molar-refractivity contribution in [2.24, 2.45) is 7.05 Å². The van der Waals surface area contributed by atoms with Crippen LogP contribution in [0.3, 0.4) is 0 Å². The van der Waals surface area contributed by atoms with Gasteiger partial charge in [0.2, 0.25) is 11.9 Å². The normalized spacial score (nSPS) is 15.9. The van der Waals surface area contributed by atoms with Gasteiger partial charge in [0.15, 0.2) is 9.84 Å². The van der Waals surface area contributed by atoms with Gasteiger partial charge in [-0.05, 0) is 31.0 Å². The molecule has 1 aliphatic carbocycles. The fourth-order valence-corrected chi connectivity index (χ4v) is 5.14. The number of hydrogen-bond acceptors (Lipinski definition) is 4. The summed E-state index contributed by atoms with van der Waals surface area (Å²) in [5, 5.41) is 2.98. The van der Waals surface area contributed by atoms with Crippen molar-refractivity contribution in [2.45, 2.75) is 37.4 Å². The lowest BCUT2D eigenvalue weighted by Crippen LogP contribution is -2.25. The smallest absolute Gasteiger partial charge is 0.227 e. The maximum absolute atomic E-state index is 12.2. The van der Waals surface area contributed by atoms with Gasteiger partial charge in [-0.1, -0.05) is 24.4 Å². The topological polar surface area (TPSA) is 81.1 Å². The van der Waals surface area contributed by atoms with Crippen molar-refractivity contribution in [3.63, 3.8) is 0 Å². The molecule has 1 heterocycles. The number of benzene rings is 1. The van der Waals surface area contributed by atoms with Crippen LogP contribution in [0.15, 0.2) is 18.2 Å². The molecule has 0 atom stereocenters. The van der Waals surface area contributed by atoms with Crippen LogP contribution in [0.4, 0.5) is 5.95 Å². The first-order valence-electron chi connectivity index (χ1n) is 8.00. The summed E-state index contributed by atoms with van der Waals surface area (Å²) in [6.07, 6.45) is 3.30. The van der Waals surface area contributed by atoms with E-state index in [0.717, 1.165) is 31.2 Å². The predicted octanol–water partition coefficient (Wildman–Crippen LogP) is 2.91. The highest BCUT2D eigenvalue weighted by Gasteiger charge is 2.29. The number of halogens is 1. The van der Waals surface area contributed by atoms with E-state index in [1.807, 2.05) is 6.07 Å². The molecule has 0 radical (unpaired) electrons. The van der Waals surface area contributed by atoms with Gasteiger partial charge in [-0.25, -0.2) is 13.4 Å². The lowest BCUT2D eigenvalue weighted by Gasteiger charge is -2.10. The second-order valence-electron chi connectivity index (χ2n) is 6.20. The van der Waals surface area contributed by atoms with Crippen molar-refractivity contribution in [3.05, 3.63) is 23.2 Å². The van der Waals surface area contributed by atoms with Crippen molar-refractivity contribution in [1.82, 2.24) is 9.55 Å². The number of carbonyl (C=O) groups excluding carboxylic acids is 1. The molecule has 1 amide bonds. The Bertz CT molecular complexity index is 870. The third-order valence-corrected chi connectivity index (χ3v) is 7.01. The summed E-state index contributed by atoms with van der Waals surface area (Å²) in [4.78, 5) is 16.4. The van der Waals surface area contributed by atoms with Crippen molar-refractivity contribution in [2.75, 3.05) is 11.1 Å². The molecule has 1 saturated carbocycles. The minimum absolute atomic E-state index is 0.0528. The maximum atomic E-state index is 12.2. The lowest BCUT2D eigenvalue weighted by molar-refractivity contribution is -0.115. The fourth-order valence-electron chi connectivity index (χ4n) is 3.12. The molecule has 2 aromatic rings. The van der Waals surface area contributed by atoms with Crippen molar-refractivity contribution >= 4 is 44.3 Å². The number of imidazole rings is 1. The van der Waals surface area contributed by atoms with Gasteiger partial charge in [-0.3, -0.25) is 10.1 Å². The first-order valence-corrected chi connectivity index (χ1v) is 10.1. The monoisotopic (exact) mass is 369 g/mol. The van der Waals surface area contributed by atoms with Crippen LogP contribution in [0, 0.1) is 0 Å². The van der Waals surface area contributed by atoms with E-state index in [2.05, 4.69) is 10.3 Å². The number of amides is 1. The van der Waals surface area contributed by atoms with Crippen LogP contribution < -0.4 is 5.32 Å². The number of nitrogens with zero attached hydrogens (tertiary/aromatic N) is 2. The van der Waals surface area contributed by atoms with Gasteiger partial charge in [-0.2, -0.15) is 0 Å². The number of carbonyl (C=O) groups is 1. The molecule has 6 nitrogen and oxygen atoms in total. The van der Waals surface area contributed by atoms with E-state index in [4.69, 9.17) is 11.6 Å². The minimum atomic E-state index is -3.19. The Labute approximate surface area is 146 Å². The van der Waals surface area contributed by atoms with Gasteiger partial charge in [0.1, 0.15) is 0 Å². The first kappa shape index (κ1) is 17.2. The molecule has 0 saturated heterocycles. The number of aromatic nitrogens is 2. The van der Waals surface area contributed by atoms with Crippen LogP contribution in [0.2, 0.25) is 5.02 Å². The molecule has 3 rings (SSSR count). The second kappa shape index (κ2) is 6.72. The third kappa shape index (κ3) is 3.57. The Kier molecular flexibility index (Phi) is 4.83. The third-order valence-electron chi connectivity index (χ3n) is 4.52. The van der Waals surface area contributed by atoms with Gasteiger partial charge in [-0.15, -0.1) is 0 Å². The lowest BCUT2D eigenvalue weighted by atomic mass is 10.3. The molecule has 8 heteroatoms. The fraction of sp³-hybridized carbons (Fsp3) is 0.500. The molecule has 1 fully saturated rings. The summed E-state index contributed by atoms with van der Waals surface area (Å²) < 4.78 is 26.2. The Morgan fingerprint density at radius 3 is 2.79 bits per heavy atom. The number of anilines is 1. The second-order valence-corrected chi connectivity index (χ2v) is 9.04. The van der Waals surface area contributed by atoms with E-state index in [1.165, 1.54) is 0 Å². The van der Waals surface area contributed by atoms with E-state index >= 15 is 0 Å². The Balaban J connectivity index is 1.66. The predicted molar refractivity (Wildman–Crippen MR) is 95.0 cm³/mol. The SMILES string of the molecule is Cn1c(NC(=O)CCS(=O)(=O)C2CCCC2)nc2cc(Cl)ccc21. The molecule has 130 valence electrons. The minimum Gasteiger partial charge on any atom is -0.313 e. The molecule has 0 aliphatic heterocycles. The molecule has 0 unspecified atom stereocenters. The quantitative estimate of drug-likeness (QED) is 0.878. The number of hydrogen-bond donors (Lipinski definition) is 1. The van der Waals surface area contributed by atoms with Crippen molar-refractivity contribution in [1.29, 1.82) is 0 Å². The molecule has 1 N–H and O–H groups in total. The molecular weight excluding hydrogens is 350 g/mol. The van der Waals surface area contributed by atoms with E-state index < -0.39 is 9.84 Å². The molecule has 1 aliphatic rings. The van der Waals surface area contributed by atoms with Crippen LogP contribution in [-0.4, -0.2) is 34.9 Å². The Morgan fingerprint density at radius 2 is 2.08 bits per heavy atom. The molecule has 24 heavy (non-hydrogen) atoms.